The first-order valence-corrected chi connectivity index (χ1v) is 4.63. The standard InChI is InChI=1S/C8H13F3N4/c1-3-5(2)15-7(8(9,10)11)6(4-12)13-14-15/h5H,3-4,12H2,1-2H3. The molecule has 1 heterocycles. The molecule has 0 amide bonds. The van der Waals surface area contributed by atoms with E-state index in [1.54, 1.807) is 13.8 Å². The summed E-state index contributed by atoms with van der Waals surface area (Å²) in [4.78, 5) is 0. The van der Waals surface area contributed by atoms with Gasteiger partial charge in [0, 0.05) is 6.54 Å². The molecule has 0 bridgehead atoms. The Hall–Kier alpha value is -1.11. The third kappa shape index (κ3) is 2.28. The first-order chi connectivity index (χ1) is 6.91. The highest BCUT2D eigenvalue weighted by atomic mass is 19.4. The molecule has 1 atom stereocenters. The SMILES string of the molecule is CCC(C)n1nnc(CN)c1C(F)(F)F. The maximum Gasteiger partial charge on any atom is 0.434 e. The van der Waals surface area contributed by atoms with E-state index >= 15 is 0 Å². The Kier molecular flexibility index (Phi) is 3.33. The molecule has 0 aliphatic carbocycles. The molecule has 2 N–H and O–H groups in total. The summed E-state index contributed by atoms with van der Waals surface area (Å²) in [5.41, 5.74) is 4.15. The lowest BCUT2D eigenvalue weighted by atomic mass is 10.2. The fourth-order valence-corrected chi connectivity index (χ4v) is 1.24. The van der Waals surface area contributed by atoms with Gasteiger partial charge in [0.2, 0.25) is 0 Å². The molecule has 0 spiro atoms. The number of nitrogens with two attached hydrogens (primary N) is 1. The van der Waals surface area contributed by atoms with Crippen LogP contribution < -0.4 is 5.73 Å². The highest BCUT2D eigenvalue weighted by Gasteiger charge is 2.39. The van der Waals surface area contributed by atoms with Crippen molar-refractivity contribution in [3.05, 3.63) is 11.4 Å². The minimum absolute atomic E-state index is 0.206. The Morgan fingerprint density at radius 2 is 2.07 bits per heavy atom. The van der Waals surface area contributed by atoms with E-state index < -0.39 is 11.9 Å². The van der Waals surface area contributed by atoms with E-state index in [9.17, 15) is 13.2 Å². The third-order valence-electron chi connectivity index (χ3n) is 2.23. The van der Waals surface area contributed by atoms with Crippen LogP contribution in [-0.4, -0.2) is 15.0 Å². The zero-order chi connectivity index (χ0) is 11.6. The van der Waals surface area contributed by atoms with E-state index in [0.29, 0.717) is 6.42 Å². The van der Waals surface area contributed by atoms with Crippen molar-refractivity contribution in [3.8, 4) is 0 Å². The number of hydrogen-bond donors (Lipinski definition) is 1. The second-order valence-electron chi connectivity index (χ2n) is 3.29. The van der Waals surface area contributed by atoms with Crippen molar-refractivity contribution in [2.24, 2.45) is 5.73 Å². The molecule has 1 unspecified atom stereocenters. The van der Waals surface area contributed by atoms with Gasteiger partial charge in [-0.3, -0.25) is 0 Å². The molecular formula is C8H13F3N4. The molecule has 0 aromatic carbocycles. The third-order valence-corrected chi connectivity index (χ3v) is 2.23. The number of nitrogens with zero attached hydrogens (tertiary/aromatic N) is 3. The van der Waals surface area contributed by atoms with E-state index in [0.717, 1.165) is 4.68 Å². The van der Waals surface area contributed by atoms with Gasteiger partial charge in [0.05, 0.1) is 6.04 Å². The monoisotopic (exact) mass is 222 g/mol. The van der Waals surface area contributed by atoms with Crippen molar-refractivity contribution >= 4 is 0 Å². The second kappa shape index (κ2) is 4.18. The van der Waals surface area contributed by atoms with Crippen LogP contribution in [0, 0.1) is 0 Å². The van der Waals surface area contributed by atoms with Crippen molar-refractivity contribution in [2.45, 2.75) is 39.0 Å². The summed E-state index contributed by atoms with van der Waals surface area (Å²) in [5, 5.41) is 6.93. The highest BCUT2D eigenvalue weighted by Crippen LogP contribution is 2.32. The summed E-state index contributed by atoms with van der Waals surface area (Å²) < 4.78 is 38.9. The van der Waals surface area contributed by atoms with E-state index in [1.807, 2.05) is 0 Å². The lowest BCUT2D eigenvalue weighted by molar-refractivity contribution is -0.145. The summed E-state index contributed by atoms with van der Waals surface area (Å²) in [5.74, 6) is 0. The molecule has 1 aromatic heterocycles. The Morgan fingerprint density at radius 3 is 2.47 bits per heavy atom. The molecule has 0 aliphatic heterocycles. The summed E-state index contributed by atoms with van der Waals surface area (Å²) in [6.45, 7) is 3.18. The number of hydrogen-bond acceptors (Lipinski definition) is 3. The number of alkyl halides is 3. The molecule has 1 rings (SSSR count). The minimum Gasteiger partial charge on any atom is -0.325 e. The lowest BCUT2D eigenvalue weighted by Crippen LogP contribution is -2.19. The van der Waals surface area contributed by atoms with Crippen molar-refractivity contribution in [1.29, 1.82) is 0 Å². The van der Waals surface area contributed by atoms with Crippen molar-refractivity contribution < 1.29 is 13.2 Å². The normalized spacial score (nSPS) is 14.3. The zero-order valence-corrected chi connectivity index (χ0v) is 8.54. The van der Waals surface area contributed by atoms with Crippen LogP contribution in [0.1, 0.15) is 37.7 Å². The quantitative estimate of drug-likeness (QED) is 0.847. The second-order valence-corrected chi connectivity index (χ2v) is 3.29. The van der Waals surface area contributed by atoms with Crippen LogP contribution in [0.3, 0.4) is 0 Å². The summed E-state index contributed by atoms with van der Waals surface area (Å²) in [6.07, 6.45) is -3.90. The predicted octanol–water partition coefficient (Wildman–Crippen LogP) is 1.73. The van der Waals surface area contributed by atoms with Gasteiger partial charge in [0.1, 0.15) is 5.69 Å². The summed E-state index contributed by atoms with van der Waals surface area (Å²) in [7, 11) is 0. The fraction of sp³-hybridized carbons (Fsp3) is 0.750. The van der Waals surface area contributed by atoms with Gasteiger partial charge in [0.15, 0.2) is 5.69 Å². The van der Waals surface area contributed by atoms with Gasteiger partial charge in [-0.15, -0.1) is 5.10 Å². The molecule has 86 valence electrons. The van der Waals surface area contributed by atoms with Gasteiger partial charge in [0.25, 0.3) is 0 Å². The van der Waals surface area contributed by atoms with Gasteiger partial charge >= 0.3 is 6.18 Å². The van der Waals surface area contributed by atoms with Crippen LogP contribution in [0.4, 0.5) is 13.2 Å². The first-order valence-electron chi connectivity index (χ1n) is 4.63. The smallest absolute Gasteiger partial charge is 0.325 e. The van der Waals surface area contributed by atoms with Crippen LogP contribution in [0.15, 0.2) is 0 Å². The fourth-order valence-electron chi connectivity index (χ4n) is 1.24. The van der Waals surface area contributed by atoms with Crippen LogP contribution in [0.5, 0.6) is 0 Å². The van der Waals surface area contributed by atoms with Crippen molar-refractivity contribution in [2.75, 3.05) is 0 Å². The number of halogens is 3. The molecule has 15 heavy (non-hydrogen) atoms. The van der Waals surface area contributed by atoms with Crippen LogP contribution in [0.25, 0.3) is 0 Å². The molecule has 1 aromatic rings. The summed E-state index contributed by atoms with van der Waals surface area (Å²) >= 11 is 0. The van der Waals surface area contributed by atoms with E-state index in [-0.39, 0.29) is 18.3 Å². The molecule has 7 heteroatoms. The maximum absolute atomic E-state index is 12.7. The molecule has 0 radical (unpaired) electrons. The van der Waals surface area contributed by atoms with Crippen molar-refractivity contribution in [1.82, 2.24) is 15.0 Å². The molecule has 0 saturated heterocycles. The average molecular weight is 222 g/mol. The van der Waals surface area contributed by atoms with Crippen molar-refractivity contribution in [3.63, 3.8) is 0 Å². The predicted molar refractivity (Wildman–Crippen MR) is 47.9 cm³/mol. The number of aromatic nitrogens is 3. The number of rotatable bonds is 3. The Morgan fingerprint density at radius 1 is 1.47 bits per heavy atom. The molecule has 4 nitrogen and oxygen atoms in total. The van der Waals surface area contributed by atoms with E-state index in [1.165, 1.54) is 0 Å². The van der Waals surface area contributed by atoms with Crippen LogP contribution >= 0.6 is 0 Å². The lowest BCUT2D eigenvalue weighted by Gasteiger charge is -2.14. The Labute approximate surface area is 85.3 Å². The van der Waals surface area contributed by atoms with E-state index in [4.69, 9.17) is 5.73 Å². The molecule has 0 saturated carbocycles. The Balaban J connectivity index is 3.23. The van der Waals surface area contributed by atoms with E-state index in [2.05, 4.69) is 10.3 Å². The molecule has 0 aliphatic rings. The van der Waals surface area contributed by atoms with Crippen LogP contribution in [-0.2, 0) is 12.7 Å². The minimum atomic E-state index is -4.46. The van der Waals surface area contributed by atoms with Crippen LogP contribution in [0.2, 0.25) is 0 Å². The van der Waals surface area contributed by atoms with Gasteiger partial charge in [-0.1, -0.05) is 12.1 Å². The van der Waals surface area contributed by atoms with Gasteiger partial charge in [-0.2, -0.15) is 13.2 Å². The largest absolute Gasteiger partial charge is 0.434 e. The molecular weight excluding hydrogens is 209 g/mol. The van der Waals surface area contributed by atoms with Gasteiger partial charge < -0.3 is 5.73 Å². The maximum atomic E-state index is 12.7. The average Bonchev–Trinajstić information content (AvgIpc) is 2.59. The van der Waals surface area contributed by atoms with Gasteiger partial charge in [-0.25, -0.2) is 4.68 Å². The Bertz CT molecular complexity index is 331. The molecule has 0 fully saturated rings. The highest BCUT2D eigenvalue weighted by molar-refractivity contribution is 5.14. The topological polar surface area (TPSA) is 56.7 Å². The first kappa shape index (κ1) is 12.0. The summed E-state index contributed by atoms with van der Waals surface area (Å²) in [6, 6.07) is -0.338. The zero-order valence-electron chi connectivity index (χ0n) is 8.54. The van der Waals surface area contributed by atoms with Gasteiger partial charge in [-0.05, 0) is 13.3 Å².